The highest BCUT2D eigenvalue weighted by molar-refractivity contribution is 5.95. The summed E-state index contributed by atoms with van der Waals surface area (Å²) in [4.78, 5) is 14.2. The molecule has 2 aliphatic rings. The fraction of sp³-hybridized carbons (Fsp3) is 0.304. The van der Waals surface area contributed by atoms with Gasteiger partial charge < -0.3 is 10.0 Å². The lowest BCUT2D eigenvalue weighted by Crippen LogP contribution is -2.64. The summed E-state index contributed by atoms with van der Waals surface area (Å²) in [6.07, 6.45) is 3.43. The van der Waals surface area contributed by atoms with Crippen molar-refractivity contribution in [3.63, 3.8) is 0 Å². The number of halogens is 2. The summed E-state index contributed by atoms with van der Waals surface area (Å²) in [5, 5.41) is 14.0. The normalized spacial score (nSPS) is 17.6. The van der Waals surface area contributed by atoms with Gasteiger partial charge in [0.1, 0.15) is 17.4 Å². The molecule has 2 heterocycles. The molecule has 2 aromatic carbocycles. The van der Waals surface area contributed by atoms with Crippen LogP contribution in [0.15, 0.2) is 48.7 Å². The Hall–Kier alpha value is -3.22. The maximum Gasteiger partial charge on any atom is 0.257 e. The van der Waals surface area contributed by atoms with E-state index >= 15 is 0 Å². The summed E-state index contributed by atoms with van der Waals surface area (Å²) in [5.74, 6) is -1.44. The lowest BCUT2D eigenvalue weighted by Gasteiger charge is -2.59. The van der Waals surface area contributed by atoms with Gasteiger partial charge >= 0.3 is 0 Å². The maximum absolute atomic E-state index is 14.4. The van der Waals surface area contributed by atoms with Crippen LogP contribution in [0.3, 0.4) is 0 Å². The van der Waals surface area contributed by atoms with E-state index in [9.17, 15) is 18.7 Å². The standard InChI is InChI=1S/C23H21F2N3O2/c1-14-11-26-28(21(14)17-4-2-3-5-19(17)24)15-9-23(10-15)12-27(13-23)22(30)18-8-16(29)6-7-20(18)25/h2-8,11,15,29H,9-10,12-13H2,1H3. The number of aromatic nitrogens is 2. The van der Waals surface area contributed by atoms with Crippen LogP contribution >= 0.6 is 0 Å². The van der Waals surface area contributed by atoms with Crippen LogP contribution in [-0.4, -0.2) is 38.8 Å². The zero-order valence-electron chi connectivity index (χ0n) is 16.5. The summed E-state index contributed by atoms with van der Waals surface area (Å²) in [6.45, 7) is 3.02. The largest absolute Gasteiger partial charge is 0.508 e. The smallest absolute Gasteiger partial charge is 0.257 e. The summed E-state index contributed by atoms with van der Waals surface area (Å²) in [5.41, 5.74) is 2.15. The topological polar surface area (TPSA) is 58.4 Å². The maximum atomic E-state index is 14.4. The molecule has 1 amide bonds. The third-order valence-electron chi connectivity index (χ3n) is 6.31. The summed E-state index contributed by atoms with van der Waals surface area (Å²) >= 11 is 0. The number of rotatable bonds is 3. The molecule has 1 aromatic heterocycles. The van der Waals surface area contributed by atoms with E-state index in [1.54, 1.807) is 23.2 Å². The number of carbonyl (C=O) groups is 1. The Kier molecular flexibility index (Phi) is 4.17. The van der Waals surface area contributed by atoms with Gasteiger partial charge in [0.25, 0.3) is 5.91 Å². The monoisotopic (exact) mass is 409 g/mol. The average molecular weight is 409 g/mol. The van der Waals surface area contributed by atoms with Gasteiger partial charge in [-0.05, 0) is 55.7 Å². The molecular weight excluding hydrogens is 388 g/mol. The number of aromatic hydroxyl groups is 1. The minimum atomic E-state index is -0.633. The summed E-state index contributed by atoms with van der Waals surface area (Å²) < 4.78 is 30.2. The van der Waals surface area contributed by atoms with Crippen molar-refractivity contribution in [1.82, 2.24) is 14.7 Å². The highest BCUT2D eigenvalue weighted by atomic mass is 19.1. The predicted octanol–water partition coefficient (Wildman–Crippen LogP) is 4.32. The van der Waals surface area contributed by atoms with E-state index in [0.717, 1.165) is 30.2 Å². The molecule has 1 N–H and O–H groups in total. The van der Waals surface area contributed by atoms with Crippen LogP contribution in [0.2, 0.25) is 0 Å². The Balaban J connectivity index is 1.29. The van der Waals surface area contributed by atoms with E-state index in [4.69, 9.17) is 0 Å². The van der Waals surface area contributed by atoms with Crippen molar-refractivity contribution >= 4 is 5.91 Å². The van der Waals surface area contributed by atoms with Crippen LogP contribution in [0.1, 0.15) is 34.8 Å². The molecule has 1 spiro atoms. The number of amides is 1. The Morgan fingerprint density at radius 1 is 1.13 bits per heavy atom. The fourth-order valence-electron chi connectivity index (χ4n) is 4.84. The molecule has 0 unspecified atom stereocenters. The van der Waals surface area contributed by atoms with Crippen LogP contribution in [0.4, 0.5) is 8.78 Å². The molecule has 5 rings (SSSR count). The fourth-order valence-corrected chi connectivity index (χ4v) is 4.84. The first kappa shape index (κ1) is 18.8. The molecule has 1 aliphatic heterocycles. The molecule has 2 fully saturated rings. The first-order valence-corrected chi connectivity index (χ1v) is 9.94. The van der Waals surface area contributed by atoms with E-state index in [2.05, 4.69) is 5.10 Å². The second kappa shape index (κ2) is 6.65. The van der Waals surface area contributed by atoms with Crippen molar-refractivity contribution < 1.29 is 18.7 Å². The molecule has 3 aromatic rings. The van der Waals surface area contributed by atoms with Gasteiger partial charge in [0.2, 0.25) is 0 Å². The minimum absolute atomic E-state index is 0.0000148. The van der Waals surface area contributed by atoms with Gasteiger partial charge in [-0.15, -0.1) is 0 Å². The molecule has 7 heteroatoms. The molecule has 154 valence electrons. The van der Waals surface area contributed by atoms with Crippen molar-refractivity contribution in [3.8, 4) is 17.0 Å². The quantitative estimate of drug-likeness (QED) is 0.701. The third-order valence-corrected chi connectivity index (χ3v) is 6.31. The Morgan fingerprint density at radius 3 is 2.60 bits per heavy atom. The summed E-state index contributed by atoms with van der Waals surface area (Å²) in [7, 11) is 0. The van der Waals surface area contributed by atoms with Gasteiger partial charge in [-0.1, -0.05) is 12.1 Å². The van der Waals surface area contributed by atoms with Gasteiger partial charge in [0.05, 0.1) is 23.5 Å². The molecule has 1 saturated carbocycles. The molecular formula is C23H21F2N3O2. The first-order valence-electron chi connectivity index (χ1n) is 9.94. The van der Waals surface area contributed by atoms with E-state index in [-0.39, 0.29) is 28.6 Å². The van der Waals surface area contributed by atoms with Crippen molar-refractivity contribution in [3.05, 3.63) is 71.4 Å². The highest BCUT2D eigenvalue weighted by Gasteiger charge is 2.55. The van der Waals surface area contributed by atoms with Crippen LogP contribution in [0.5, 0.6) is 5.75 Å². The van der Waals surface area contributed by atoms with E-state index in [0.29, 0.717) is 18.7 Å². The number of nitrogens with zero attached hydrogens (tertiary/aromatic N) is 3. The second-order valence-electron chi connectivity index (χ2n) is 8.49. The van der Waals surface area contributed by atoms with Gasteiger partial charge in [-0.3, -0.25) is 9.48 Å². The Morgan fingerprint density at radius 2 is 1.87 bits per heavy atom. The lowest BCUT2D eigenvalue weighted by atomic mass is 9.60. The zero-order chi connectivity index (χ0) is 21.0. The molecule has 30 heavy (non-hydrogen) atoms. The predicted molar refractivity (Wildman–Crippen MR) is 107 cm³/mol. The van der Waals surface area contributed by atoms with Crippen LogP contribution in [0, 0.1) is 24.0 Å². The second-order valence-corrected chi connectivity index (χ2v) is 8.49. The number of hydrogen-bond donors (Lipinski definition) is 1. The molecule has 0 bridgehead atoms. The van der Waals surface area contributed by atoms with Crippen molar-refractivity contribution in [2.45, 2.75) is 25.8 Å². The van der Waals surface area contributed by atoms with Crippen molar-refractivity contribution in [1.29, 1.82) is 0 Å². The van der Waals surface area contributed by atoms with E-state index < -0.39 is 11.7 Å². The van der Waals surface area contributed by atoms with Crippen LogP contribution in [0.25, 0.3) is 11.3 Å². The number of aryl methyl sites for hydroxylation is 1. The van der Waals surface area contributed by atoms with Gasteiger partial charge in [0.15, 0.2) is 0 Å². The first-order chi connectivity index (χ1) is 14.4. The van der Waals surface area contributed by atoms with Crippen LogP contribution in [-0.2, 0) is 0 Å². The third kappa shape index (κ3) is 2.88. The van der Waals surface area contributed by atoms with Crippen LogP contribution < -0.4 is 0 Å². The van der Waals surface area contributed by atoms with E-state index in [1.165, 1.54) is 18.2 Å². The van der Waals surface area contributed by atoms with Gasteiger partial charge in [-0.2, -0.15) is 5.10 Å². The molecule has 1 aliphatic carbocycles. The van der Waals surface area contributed by atoms with E-state index in [1.807, 2.05) is 17.7 Å². The SMILES string of the molecule is Cc1cnn(C2CC3(C2)CN(C(=O)c2cc(O)ccc2F)C3)c1-c1ccccc1F. The number of hydrogen-bond acceptors (Lipinski definition) is 3. The molecule has 0 atom stereocenters. The van der Waals surface area contributed by atoms with Gasteiger partial charge in [0, 0.05) is 24.1 Å². The number of phenolic OH excluding ortho intramolecular Hbond substituents is 1. The summed E-state index contributed by atoms with van der Waals surface area (Å²) in [6, 6.07) is 10.3. The Bertz CT molecular complexity index is 1140. The number of carbonyl (C=O) groups excluding carboxylic acids is 1. The number of phenols is 1. The minimum Gasteiger partial charge on any atom is -0.508 e. The zero-order valence-corrected chi connectivity index (χ0v) is 16.5. The highest BCUT2D eigenvalue weighted by Crippen LogP contribution is 2.55. The molecule has 0 radical (unpaired) electrons. The van der Waals surface area contributed by atoms with Gasteiger partial charge in [-0.25, -0.2) is 8.78 Å². The molecule has 1 saturated heterocycles. The number of likely N-dealkylation sites (tertiary alicyclic amines) is 1. The van der Waals surface area contributed by atoms with Crippen molar-refractivity contribution in [2.75, 3.05) is 13.1 Å². The van der Waals surface area contributed by atoms with Crippen molar-refractivity contribution in [2.24, 2.45) is 5.41 Å². The Labute approximate surface area is 172 Å². The number of benzene rings is 2. The molecule has 5 nitrogen and oxygen atoms in total. The lowest BCUT2D eigenvalue weighted by molar-refractivity contribution is -0.0735. The average Bonchev–Trinajstić information content (AvgIpc) is 3.03.